The van der Waals surface area contributed by atoms with Gasteiger partial charge in [-0.05, 0) is 26.7 Å². The Hall–Kier alpha value is -0.890. The van der Waals surface area contributed by atoms with Crippen molar-refractivity contribution in [3.8, 4) is 0 Å². The number of hydrogen-bond donors (Lipinski definition) is 3. The normalized spacial score (nSPS) is 23.8. The molecule has 3 unspecified atom stereocenters. The number of nitrogens with one attached hydrogen (secondary N) is 2. The van der Waals surface area contributed by atoms with Gasteiger partial charge < -0.3 is 15.8 Å². The monoisotopic (exact) mass is 322 g/mol. The Balaban J connectivity index is 0.00000400. The van der Waals surface area contributed by atoms with Crippen molar-refractivity contribution in [1.82, 2.24) is 15.5 Å². The molecule has 1 saturated heterocycles. The van der Waals surface area contributed by atoms with Gasteiger partial charge >= 0.3 is 6.03 Å². The van der Waals surface area contributed by atoms with Gasteiger partial charge in [-0.2, -0.15) is 0 Å². The first-order valence-corrected chi connectivity index (χ1v) is 7.10. The average Bonchev–Trinajstić information content (AvgIpc) is 2.45. The zero-order chi connectivity index (χ0) is 15.1. The quantitative estimate of drug-likeness (QED) is 0.666. The van der Waals surface area contributed by atoms with Crippen LogP contribution in [0.25, 0.3) is 0 Å². The smallest absolute Gasteiger partial charge is 0.321 e. The Morgan fingerprint density at radius 2 is 2.14 bits per heavy atom. The van der Waals surface area contributed by atoms with Gasteiger partial charge in [0.2, 0.25) is 5.91 Å². The lowest BCUT2D eigenvalue weighted by Crippen LogP contribution is -2.57. The predicted molar refractivity (Wildman–Crippen MR) is 83.5 cm³/mol. The molecule has 1 fully saturated rings. The predicted octanol–water partition coefficient (Wildman–Crippen LogP) is 0.0805. The summed E-state index contributed by atoms with van der Waals surface area (Å²) in [6.45, 7) is 5.29. The van der Waals surface area contributed by atoms with E-state index in [2.05, 4.69) is 10.6 Å². The first kappa shape index (κ1) is 20.1. The van der Waals surface area contributed by atoms with Crippen LogP contribution in [0.4, 0.5) is 4.79 Å². The maximum absolute atomic E-state index is 12.1. The van der Waals surface area contributed by atoms with E-state index in [4.69, 9.17) is 10.5 Å². The van der Waals surface area contributed by atoms with E-state index in [1.54, 1.807) is 21.0 Å². The van der Waals surface area contributed by atoms with Crippen LogP contribution in [0.15, 0.2) is 0 Å². The maximum atomic E-state index is 12.1. The summed E-state index contributed by atoms with van der Waals surface area (Å²) < 4.78 is 5.36. The van der Waals surface area contributed by atoms with Crippen molar-refractivity contribution in [1.29, 1.82) is 0 Å². The summed E-state index contributed by atoms with van der Waals surface area (Å²) in [6, 6.07) is -0.743. The number of ether oxygens (including phenoxy) is 1. The fraction of sp³-hybridized carbons (Fsp3) is 0.846. The molecule has 3 atom stereocenters. The summed E-state index contributed by atoms with van der Waals surface area (Å²) in [5, 5.41) is 4.89. The summed E-state index contributed by atoms with van der Waals surface area (Å²) in [7, 11) is 1.69. The van der Waals surface area contributed by atoms with E-state index in [1.165, 1.54) is 0 Å². The number of rotatable bonds is 5. The topological polar surface area (TPSA) is 96.7 Å². The van der Waals surface area contributed by atoms with Crippen molar-refractivity contribution >= 4 is 24.3 Å². The van der Waals surface area contributed by atoms with Crippen molar-refractivity contribution in [2.75, 3.05) is 26.7 Å². The number of halogens is 1. The van der Waals surface area contributed by atoms with E-state index >= 15 is 0 Å². The number of piperidine rings is 1. The van der Waals surface area contributed by atoms with Crippen LogP contribution in [0.2, 0.25) is 0 Å². The fourth-order valence-electron chi connectivity index (χ4n) is 2.56. The van der Waals surface area contributed by atoms with Crippen LogP contribution in [0.5, 0.6) is 0 Å². The third kappa shape index (κ3) is 5.78. The molecule has 124 valence electrons. The van der Waals surface area contributed by atoms with Crippen LogP contribution in [0, 0.1) is 0 Å². The zero-order valence-electron chi connectivity index (χ0n) is 12.9. The second kappa shape index (κ2) is 9.94. The van der Waals surface area contributed by atoms with Gasteiger partial charge in [-0.25, -0.2) is 4.79 Å². The third-order valence-corrected chi connectivity index (χ3v) is 3.77. The minimum absolute atomic E-state index is 0. The van der Waals surface area contributed by atoms with Gasteiger partial charge in [-0.15, -0.1) is 12.4 Å². The number of carbonyl (C=O) groups is 2. The van der Waals surface area contributed by atoms with Crippen molar-refractivity contribution in [2.24, 2.45) is 5.73 Å². The van der Waals surface area contributed by atoms with Crippen LogP contribution >= 0.6 is 12.4 Å². The highest BCUT2D eigenvalue weighted by atomic mass is 35.5. The molecule has 4 N–H and O–H groups in total. The standard InChI is InChI=1S/C13H26N4O3.ClH/c1-4-15-13(19)16-12(18)9(2)17-6-5-11(20-3)7-10(17)8-14;/h9-11H,4-8,14H2,1-3H3,(H2,15,16,18,19);1H. The lowest BCUT2D eigenvalue weighted by Gasteiger charge is -2.41. The molecular formula is C13H27ClN4O3. The molecule has 1 heterocycles. The number of nitrogens with zero attached hydrogens (tertiary/aromatic N) is 1. The molecule has 0 aliphatic carbocycles. The minimum atomic E-state index is -0.458. The highest BCUT2D eigenvalue weighted by Crippen LogP contribution is 2.21. The molecule has 7 nitrogen and oxygen atoms in total. The summed E-state index contributed by atoms with van der Waals surface area (Å²) in [5.41, 5.74) is 5.79. The molecule has 0 aromatic carbocycles. The van der Waals surface area contributed by atoms with Crippen molar-refractivity contribution < 1.29 is 14.3 Å². The molecule has 1 rings (SSSR count). The number of imide groups is 1. The summed E-state index contributed by atoms with van der Waals surface area (Å²) in [4.78, 5) is 25.5. The van der Waals surface area contributed by atoms with E-state index in [-0.39, 0.29) is 36.5 Å². The van der Waals surface area contributed by atoms with E-state index in [9.17, 15) is 9.59 Å². The van der Waals surface area contributed by atoms with Gasteiger partial charge in [0.25, 0.3) is 0 Å². The molecule has 0 spiro atoms. The number of amides is 3. The van der Waals surface area contributed by atoms with Crippen LogP contribution in [-0.2, 0) is 9.53 Å². The highest BCUT2D eigenvalue weighted by Gasteiger charge is 2.33. The number of hydrogen-bond acceptors (Lipinski definition) is 5. The lowest BCUT2D eigenvalue weighted by atomic mass is 9.97. The van der Waals surface area contributed by atoms with Crippen LogP contribution < -0.4 is 16.4 Å². The molecule has 8 heteroatoms. The van der Waals surface area contributed by atoms with Crippen LogP contribution in [0.3, 0.4) is 0 Å². The van der Waals surface area contributed by atoms with Gasteiger partial charge in [0.05, 0.1) is 12.1 Å². The SMILES string of the molecule is CCNC(=O)NC(=O)C(C)N1CCC(OC)CC1CN.Cl. The molecule has 1 aliphatic heterocycles. The Morgan fingerprint density at radius 3 is 2.67 bits per heavy atom. The van der Waals surface area contributed by atoms with Gasteiger partial charge in [0, 0.05) is 32.8 Å². The van der Waals surface area contributed by atoms with Crippen molar-refractivity contribution in [3.05, 3.63) is 0 Å². The summed E-state index contributed by atoms with van der Waals surface area (Å²) >= 11 is 0. The minimum Gasteiger partial charge on any atom is -0.381 e. The lowest BCUT2D eigenvalue weighted by molar-refractivity contribution is -0.127. The van der Waals surface area contributed by atoms with Gasteiger partial charge in [-0.3, -0.25) is 15.0 Å². The Bertz CT molecular complexity index is 343. The molecule has 1 aliphatic rings. The number of carbonyl (C=O) groups excluding carboxylic acids is 2. The number of urea groups is 1. The van der Waals surface area contributed by atoms with Crippen LogP contribution in [-0.4, -0.2) is 61.8 Å². The third-order valence-electron chi connectivity index (χ3n) is 3.77. The second-order valence-electron chi connectivity index (χ2n) is 5.03. The largest absolute Gasteiger partial charge is 0.381 e. The summed E-state index contributed by atoms with van der Waals surface area (Å²) in [6.07, 6.45) is 1.87. The first-order chi connectivity index (χ1) is 9.53. The van der Waals surface area contributed by atoms with E-state index in [0.717, 1.165) is 19.4 Å². The average molecular weight is 323 g/mol. The number of nitrogens with two attached hydrogens (primary N) is 1. The molecule has 0 aromatic rings. The van der Waals surface area contributed by atoms with Gasteiger partial charge in [0.1, 0.15) is 0 Å². The fourth-order valence-corrected chi connectivity index (χ4v) is 2.56. The molecule has 0 saturated carbocycles. The van der Waals surface area contributed by atoms with Gasteiger partial charge in [0.15, 0.2) is 0 Å². The van der Waals surface area contributed by atoms with Crippen molar-refractivity contribution in [2.45, 2.75) is 44.9 Å². The molecule has 0 aromatic heterocycles. The number of methoxy groups -OCH3 is 1. The molecule has 3 amide bonds. The number of likely N-dealkylation sites (tertiary alicyclic amines) is 1. The summed E-state index contributed by atoms with van der Waals surface area (Å²) in [5.74, 6) is -0.301. The molecular weight excluding hydrogens is 296 g/mol. The molecule has 0 bridgehead atoms. The van der Waals surface area contributed by atoms with Crippen molar-refractivity contribution in [3.63, 3.8) is 0 Å². The highest BCUT2D eigenvalue weighted by molar-refractivity contribution is 5.96. The first-order valence-electron chi connectivity index (χ1n) is 7.10. The Morgan fingerprint density at radius 1 is 1.48 bits per heavy atom. The zero-order valence-corrected chi connectivity index (χ0v) is 13.7. The second-order valence-corrected chi connectivity index (χ2v) is 5.03. The molecule has 21 heavy (non-hydrogen) atoms. The molecule has 0 radical (unpaired) electrons. The Kier molecular flexibility index (Phi) is 9.52. The van der Waals surface area contributed by atoms with E-state index < -0.39 is 6.03 Å². The Labute approximate surface area is 132 Å². The van der Waals surface area contributed by atoms with Gasteiger partial charge in [-0.1, -0.05) is 0 Å². The van der Waals surface area contributed by atoms with Crippen LogP contribution in [0.1, 0.15) is 26.7 Å². The maximum Gasteiger partial charge on any atom is 0.321 e. The van der Waals surface area contributed by atoms with E-state index in [0.29, 0.717) is 13.1 Å². The van der Waals surface area contributed by atoms with E-state index in [1.807, 2.05) is 4.90 Å².